The Kier molecular flexibility index (Phi) is 6.79. The van der Waals surface area contributed by atoms with E-state index >= 15 is 0 Å². The fourth-order valence-corrected chi connectivity index (χ4v) is 5.10. The second-order valence-corrected chi connectivity index (χ2v) is 8.91. The van der Waals surface area contributed by atoms with E-state index in [-0.39, 0.29) is 18.2 Å². The lowest BCUT2D eigenvalue weighted by atomic mass is 9.99. The van der Waals surface area contributed by atoms with Gasteiger partial charge in [-0.1, -0.05) is 42.5 Å². The number of carbonyl (C=O) groups excluding carboxylic acids is 1. The predicted molar refractivity (Wildman–Crippen MR) is 126 cm³/mol. The number of carbonyl (C=O) groups is 1. The van der Waals surface area contributed by atoms with Gasteiger partial charge in [-0.05, 0) is 55.4 Å². The maximum atomic E-state index is 12.5. The van der Waals surface area contributed by atoms with E-state index in [0.717, 1.165) is 43.2 Å². The zero-order valence-electron chi connectivity index (χ0n) is 17.1. The molecule has 158 valence electrons. The Morgan fingerprint density at radius 1 is 1.13 bits per heavy atom. The van der Waals surface area contributed by atoms with E-state index in [1.54, 1.807) is 11.8 Å². The van der Waals surface area contributed by atoms with Gasteiger partial charge in [0.1, 0.15) is 6.61 Å². The Hall–Kier alpha value is -2.25. The third-order valence-electron chi connectivity index (χ3n) is 5.81. The van der Waals surface area contributed by atoms with Gasteiger partial charge < -0.3 is 15.0 Å². The standard InChI is InChI=1S/C23H27N3O2S2/c1-30-21-10-6-5-9-20(21)24-22(29)25-13-11-18(12-14-25)26-19(16-28-23(26)27)15-17-7-3-2-4-8-17/h2-10,18-19H,11-16H2,1H3,(H,24,29). The van der Waals surface area contributed by atoms with Crippen molar-refractivity contribution in [3.05, 3.63) is 60.2 Å². The first kappa shape index (κ1) is 21.0. The summed E-state index contributed by atoms with van der Waals surface area (Å²) in [5.41, 5.74) is 2.28. The second-order valence-electron chi connectivity index (χ2n) is 7.68. The average molecular weight is 442 g/mol. The summed E-state index contributed by atoms with van der Waals surface area (Å²) in [6.45, 7) is 2.14. The highest BCUT2D eigenvalue weighted by molar-refractivity contribution is 7.98. The van der Waals surface area contributed by atoms with Gasteiger partial charge in [0.25, 0.3) is 0 Å². The zero-order valence-corrected chi connectivity index (χ0v) is 18.8. The van der Waals surface area contributed by atoms with Crippen LogP contribution < -0.4 is 5.32 Å². The molecule has 1 amide bonds. The molecule has 1 unspecified atom stereocenters. The smallest absolute Gasteiger partial charge is 0.410 e. The van der Waals surface area contributed by atoms with Crippen molar-refractivity contribution in [2.75, 3.05) is 31.3 Å². The summed E-state index contributed by atoms with van der Waals surface area (Å²) in [5.74, 6) is 0. The van der Waals surface area contributed by atoms with Crippen molar-refractivity contribution in [1.29, 1.82) is 0 Å². The molecule has 2 aliphatic rings. The molecule has 1 atom stereocenters. The minimum atomic E-state index is -0.177. The van der Waals surface area contributed by atoms with Crippen LogP contribution in [0.2, 0.25) is 0 Å². The van der Waals surface area contributed by atoms with Gasteiger partial charge in [0, 0.05) is 24.0 Å². The number of anilines is 1. The van der Waals surface area contributed by atoms with Crippen LogP contribution in [-0.2, 0) is 11.2 Å². The average Bonchev–Trinajstić information content (AvgIpc) is 3.14. The van der Waals surface area contributed by atoms with Gasteiger partial charge in [-0.2, -0.15) is 0 Å². The topological polar surface area (TPSA) is 44.8 Å². The largest absolute Gasteiger partial charge is 0.447 e. The minimum Gasteiger partial charge on any atom is -0.447 e. The van der Waals surface area contributed by atoms with Gasteiger partial charge in [0.05, 0.1) is 11.7 Å². The molecule has 2 aromatic carbocycles. The van der Waals surface area contributed by atoms with E-state index < -0.39 is 0 Å². The van der Waals surface area contributed by atoms with Crippen LogP contribution >= 0.6 is 24.0 Å². The Morgan fingerprint density at radius 3 is 2.57 bits per heavy atom. The lowest BCUT2D eigenvalue weighted by Crippen LogP contribution is -2.50. The van der Waals surface area contributed by atoms with Gasteiger partial charge >= 0.3 is 6.09 Å². The number of hydrogen-bond donors (Lipinski definition) is 1. The lowest BCUT2D eigenvalue weighted by Gasteiger charge is -2.39. The number of thioether (sulfide) groups is 1. The monoisotopic (exact) mass is 441 g/mol. The van der Waals surface area contributed by atoms with Crippen molar-refractivity contribution in [2.45, 2.75) is 36.2 Å². The number of ether oxygens (including phenoxy) is 1. The van der Waals surface area contributed by atoms with E-state index in [4.69, 9.17) is 17.0 Å². The molecule has 0 radical (unpaired) electrons. The number of nitrogens with zero attached hydrogens (tertiary/aromatic N) is 2. The number of benzene rings is 2. The van der Waals surface area contributed by atoms with Gasteiger partial charge in [-0.15, -0.1) is 11.8 Å². The summed E-state index contributed by atoms with van der Waals surface area (Å²) < 4.78 is 5.42. The number of nitrogens with one attached hydrogen (secondary N) is 1. The molecular formula is C23H27N3O2S2. The lowest BCUT2D eigenvalue weighted by molar-refractivity contribution is 0.123. The first-order chi connectivity index (χ1) is 14.7. The Balaban J connectivity index is 1.35. The first-order valence-corrected chi connectivity index (χ1v) is 12.0. The van der Waals surface area contributed by atoms with Crippen LogP contribution in [0.15, 0.2) is 59.5 Å². The molecule has 1 N–H and O–H groups in total. The molecule has 2 fully saturated rings. The van der Waals surface area contributed by atoms with Crippen molar-refractivity contribution in [1.82, 2.24) is 9.80 Å². The normalized spacial score (nSPS) is 19.6. The number of amides is 1. The van der Waals surface area contributed by atoms with Gasteiger partial charge in [0.15, 0.2) is 5.11 Å². The molecule has 0 spiro atoms. The van der Waals surface area contributed by atoms with Crippen molar-refractivity contribution in [3.63, 3.8) is 0 Å². The predicted octanol–water partition coefficient (Wildman–Crippen LogP) is 4.63. The van der Waals surface area contributed by atoms with Crippen LogP contribution in [0.3, 0.4) is 0 Å². The van der Waals surface area contributed by atoms with Crippen LogP contribution in [0.25, 0.3) is 0 Å². The second kappa shape index (κ2) is 9.71. The maximum absolute atomic E-state index is 12.5. The summed E-state index contributed by atoms with van der Waals surface area (Å²) in [6.07, 6.45) is 4.51. The molecule has 2 saturated heterocycles. The number of hydrogen-bond acceptors (Lipinski definition) is 4. The van der Waals surface area contributed by atoms with Crippen LogP contribution in [0.1, 0.15) is 18.4 Å². The van der Waals surface area contributed by atoms with E-state index in [2.05, 4.69) is 40.7 Å². The van der Waals surface area contributed by atoms with Crippen molar-refractivity contribution in [3.8, 4) is 0 Å². The van der Waals surface area contributed by atoms with E-state index in [1.165, 1.54) is 10.5 Å². The van der Waals surface area contributed by atoms with Crippen molar-refractivity contribution < 1.29 is 9.53 Å². The van der Waals surface area contributed by atoms with E-state index in [9.17, 15) is 4.79 Å². The number of para-hydroxylation sites is 1. The number of rotatable bonds is 5. The zero-order chi connectivity index (χ0) is 20.9. The molecule has 0 bridgehead atoms. The molecule has 2 aliphatic heterocycles. The molecule has 2 heterocycles. The SMILES string of the molecule is CSc1ccccc1NC(=S)N1CCC(N2C(=O)OCC2Cc2ccccc2)CC1. The Morgan fingerprint density at radius 2 is 1.83 bits per heavy atom. The van der Waals surface area contributed by atoms with E-state index in [1.807, 2.05) is 35.2 Å². The van der Waals surface area contributed by atoms with Gasteiger partial charge in [0.2, 0.25) is 0 Å². The summed E-state index contributed by atoms with van der Waals surface area (Å²) in [6, 6.07) is 18.8. The van der Waals surface area contributed by atoms with Crippen molar-refractivity contribution >= 4 is 40.9 Å². The molecule has 4 rings (SSSR count). The molecule has 0 saturated carbocycles. The van der Waals surface area contributed by atoms with Crippen LogP contribution in [0, 0.1) is 0 Å². The van der Waals surface area contributed by atoms with E-state index in [0.29, 0.717) is 6.61 Å². The van der Waals surface area contributed by atoms with Crippen LogP contribution in [-0.4, -0.2) is 59.0 Å². The summed E-state index contributed by atoms with van der Waals surface area (Å²) in [7, 11) is 0. The highest BCUT2D eigenvalue weighted by atomic mass is 32.2. The molecule has 7 heteroatoms. The quantitative estimate of drug-likeness (QED) is 0.539. The summed E-state index contributed by atoms with van der Waals surface area (Å²) >= 11 is 7.37. The molecule has 5 nitrogen and oxygen atoms in total. The fourth-order valence-electron chi connectivity index (χ4n) is 4.25. The third kappa shape index (κ3) is 4.73. The number of thiocarbonyl (C=S) groups is 1. The van der Waals surface area contributed by atoms with Crippen LogP contribution in [0.4, 0.5) is 10.5 Å². The number of piperidine rings is 1. The highest BCUT2D eigenvalue weighted by Crippen LogP contribution is 2.28. The minimum absolute atomic E-state index is 0.106. The van der Waals surface area contributed by atoms with Crippen molar-refractivity contribution in [2.24, 2.45) is 0 Å². The fraction of sp³-hybridized carbons (Fsp3) is 0.391. The summed E-state index contributed by atoms with van der Waals surface area (Å²) in [4.78, 5) is 17.8. The Bertz CT molecular complexity index is 885. The summed E-state index contributed by atoms with van der Waals surface area (Å²) in [5, 5.41) is 4.15. The van der Waals surface area contributed by atoms with Gasteiger partial charge in [-0.25, -0.2) is 4.79 Å². The maximum Gasteiger partial charge on any atom is 0.410 e. The molecule has 0 aliphatic carbocycles. The number of likely N-dealkylation sites (tertiary alicyclic amines) is 1. The number of cyclic esters (lactones) is 1. The first-order valence-electron chi connectivity index (χ1n) is 10.3. The molecular weight excluding hydrogens is 414 g/mol. The molecule has 30 heavy (non-hydrogen) atoms. The molecule has 0 aromatic heterocycles. The third-order valence-corrected chi connectivity index (χ3v) is 6.97. The Labute approximate surface area is 187 Å². The highest BCUT2D eigenvalue weighted by Gasteiger charge is 2.39. The van der Waals surface area contributed by atoms with Crippen LogP contribution in [0.5, 0.6) is 0 Å². The molecule has 2 aromatic rings. The van der Waals surface area contributed by atoms with Gasteiger partial charge in [-0.3, -0.25) is 4.90 Å².